The molecule has 0 saturated heterocycles. The average molecular weight is 766 g/mol. The van der Waals surface area contributed by atoms with E-state index >= 15 is 0 Å². The highest BCUT2D eigenvalue weighted by atomic mass is 35.5. The van der Waals surface area contributed by atoms with E-state index in [9.17, 15) is 27.6 Å². The van der Waals surface area contributed by atoms with Crippen LogP contribution >= 0.6 is 11.6 Å². The summed E-state index contributed by atoms with van der Waals surface area (Å²) in [5.41, 5.74) is -2.02. The number of nitrogens with one attached hydrogen (secondary N) is 4. The van der Waals surface area contributed by atoms with Gasteiger partial charge in [0.15, 0.2) is 0 Å². The number of sulfonamides is 1. The Morgan fingerprint density at radius 1 is 0.981 bits per heavy atom. The molecule has 2 heterocycles. The number of halogens is 1. The Balaban J connectivity index is 1.31. The van der Waals surface area contributed by atoms with Crippen molar-refractivity contribution >= 4 is 56.2 Å². The first-order valence-electron chi connectivity index (χ1n) is 17.8. The van der Waals surface area contributed by atoms with Gasteiger partial charge in [0.1, 0.15) is 34.1 Å². The van der Waals surface area contributed by atoms with E-state index in [4.69, 9.17) is 21.1 Å². The molecule has 3 aliphatic rings. The fraction of sp³-hybridized carbons (Fsp3) is 0.447. The third-order valence-corrected chi connectivity index (χ3v) is 11.4. The Hall–Kier alpha value is -4.69. The van der Waals surface area contributed by atoms with E-state index in [-0.39, 0.29) is 23.9 Å². The molecule has 4 atom stereocenters. The molecule has 0 spiro atoms. The van der Waals surface area contributed by atoms with Crippen LogP contribution in [-0.2, 0) is 29.1 Å². The molecule has 3 aromatic rings. The number of benzene rings is 2. The van der Waals surface area contributed by atoms with Gasteiger partial charge in [-0.3, -0.25) is 19.1 Å². The van der Waals surface area contributed by atoms with Crippen LogP contribution in [0.3, 0.4) is 0 Å². The summed E-state index contributed by atoms with van der Waals surface area (Å²) in [5.74, 6) is -2.01. The van der Waals surface area contributed by atoms with Gasteiger partial charge in [-0.05, 0) is 94.5 Å². The molecule has 1 aromatic heterocycles. The number of ether oxygens (including phenoxy) is 2. The molecule has 6 rings (SSSR count). The smallest absolute Gasteiger partial charge is 0.408 e. The van der Waals surface area contributed by atoms with Gasteiger partial charge < -0.3 is 25.4 Å². The topological polar surface area (TPSA) is 182 Å². The molecule has 2 aromatic carbocycles. The second kappa shape index (κ2) is 15.3. The van der Waals surface area contributed by atoms with Gasteiger partial charge in [0.25, 0.3) is 5.91 Å². The summed E-state index contributed by atoms with van der Waals surface area (Å²) in [6.45, 7) is 5.13. The lowest BCUT2D eigenvalue weighted by Crippen LogP contribution is -2.56. The standard InChI is InChI=1S/C38H44ClN5O8S/c1-37(2,3)52-36(48)40-29-14-8-6-4-5-7-12-25-22-38(25,35(47)44-53(49,50)27-19-20-27)43-33(46)31(42-32(29)45)23-15-17-26(18-16-23)51-34-28-13-10-9-11-24(28)21-30(39)41-34/h7,9-13,15-18,21,25,27,29,31H,4-6,8,14,19-20,22H2,1-3H3,(H,40,48)(H,42,45)(H,43,46)(H,44,47)/b12-7-/t25-,29+,31+,38-/m1/s1. The van der Waals surface area contributed by atoms with Crippen molar-refractivity contribution in [3.63, 3.8) is 0 Å². The van der Waals surface area contributed by atoms with Crippen LogP contribution in [0.4, 0.5) is 4.79 Å². The number of amides is 4. The number of aromatic nitrogens is 1. The Kier molecular flexibility index (Phi) is 11.0. The third-order valence-electron chi connectivity index (χ3n) is 9.35. The van der Waals surface area contributed by atoms with E-state index in [1.807, 2.05) is 36.4 Å². The van der Waals surface area contributed by atoms with Crippen molar-refractivity contribution in [2.45, 2.75) is 101 Å². The maximum atomic E-state index is 14.3. The van der Waals surface area contributed by atoms with Gasteiger partial charge in [-0.1, -0.05) is 66.9 Å². The molecule has 0 unspecified atom stereocenters. The van der Waals surface area contributed by atoms with Gasteiger partial charge in [0, 0.05) is 11.3 Å². The van der Waals surface area contributed by atoms with Crippen molar-refractivity contribution in [1.82, 2.24) is 25.7 Å². The fourth-order valence-electron chi connectivity index (χ4n) is 6.32. The van der Waals surface area contributed by atoms with Crippen LogP contribution in [-0.4, -0.2) is 59.6 Å². The van der Waals surface area contributed by atoms with Gasteiger partial charge in [0.05, 0.1) is 5.25 Å². The molecule has 15 heteroatoms. The van der Waals surface area contributed by atoms with Crippen molar-refractivity contribution in [1.29, 1.82) is 0 Å². The van der Waals surface area contributed by atoms with E-state index in [0.29, 0.717) is 37.0 Å². The van der Waals surface area contributed by atoms with Gasteiger partial charge >= 0.3 is 6.09 Å². The fourth-order valence-corrected chi connectivity index (χ4v) is 7.88. The molecule has 2 saturated carbocycles. The van der Waals surface area contributed by atoms with Crippen molar-refractivity contribution in [2.24, 2.45) is 5.92 Å². The van der Waals surface area contributed by atoms with E-state index in [1.165, 1.54) is 0 Å². The third kappa shape index (κ3) is 9.46. The quantitative estimate of drug-likeness (QED) is 0.172. The number of allylic oxidation sites excluding steroid dienone is 1. The number of rotatable bonds is 7. The van der Waals surface area contributed by atoms with Crippen LogP contribution in [0.2, 0.25) is 5.15 Å². The first-order valence-corrected chi connectivity index (χ1v) is 19.7. The summed E-state index contributed by atoms with van der Waals surface area (Å²) in [4.78, 5) is 59.0. The summed E-state index contributed by atoms with van der Waals surface area (Å²) in [6, 6.07) is 13.2. The van der Waals surface area contributed by atoms with Gasteiger partial charge in [-0.25, -0.2) is 18.2 Å². The van der Waals surface area contributed by atoms with E-state index in [1.54, 1.807) is 51.1 Å². The average Bonchev–Trinajstić information content (AvgIpc) is 4.02. The Bertz CT molecular complexity index is 2030. The highest BCUT2D eigenvalue weighted by Crippen LogP contribution is 2.46. The van der Waals surface area contributed by atoms with Crippen LogP contribution in [0.25, 0.3) is 10.8 Å². The van der Waals surface area contributed by atoms with Crippen molar-refractivity contribution in [3.8, 4) is 11.6 Å². The number of fused-ring (bicyclic) bond motifs is 2. The number of hydrogen-bond acceptors (Lipinski definition) is 9. The van der Waals surface area contributed by atoms with Crippen molar-refractivity contribution in [3.05, 3.63) is 77.5 Å². The summed E-state index contributed by atoms with van der Waals surface area (Å²) < 4.78 is 39.3. The lowest BCUT2D eigenvalue weighted by atomic mass is 10.0. The zero-order chi connectivity index (χ0) is 38.0. The SMILES string of the molecule is CC(C)(C)OC(=O)N[C@H]1CCCCC/C=C\[C@@H]2C[C@@]2(C(=O)NS(=O)(=O)C2CC2)NC(=O)[C@H](c2ccc(Oc3nc(Cl)cc4ccccc34)cc2)NC1=O. The highest BCUT2D eigenvalue weighted by Gasteiger charge is 2.61. The number of carbonyl (C=O) groups excluding carboxylic acids is 4. The minimum atomic E-state index is -3.91. The van der Waals surface area contributed by atoms with E-state index in [0.717, 1.165) is 23.6 Å². The number of pyridine rings is 1. The van der Waals surface area contributed by atoms with E-state index < -0.39 is 68.2 Å². The molecule has 13 nitrogen and oxygen atoms in total. The van der Waals surface area contributed by atoms with Crippen LogP contribution in [0.1, 0.15) is 83.7 Å². The molecule has 0 radical (unpaired) electrons. The Morgan fingerprint density at radius 3 is 2.43 bits per heavy atom. The predicted octanol–water partition coefficient (Wildman–Crippen LogP) is 5.73. The van der Waals surface area contributed by atoms with Crippen LogP contribution in [0, 0.1) is 5.92 Å². The Morgan fingerprint density at radius 2 is 1.72 bits per heavy atom. The van der Waals surface area contributed by atoms with Crippen molar-refractivity contribution < 1.29 is 37.1 Å². The summed E-state index contributed by atoms with van der Waals surface area (Å²) in [6.07, 6.45) is 7.17. The first-order chi connectivity index (χ1) is 25.1. The molecule has 4 amide bonds. The van der Waals surface area contributed by atoms with Gasteiger partial charge in [0.2, 0.25) is 27.7 Å². The minimum Gasteiger partial charge on any atom is -0.444 e. The summed E-state index contributed by atoms with van der Waals surface area (Å²) >= 11 is 6.25. The molecular formula is C38H44ClN5O8S. The minimum absolute atomic E-state index is 0.179. The number of nitrogens with zero attached hydrogens (tertiary/aromatic N) is 1. The molecule has 0 bridgehead atoms. The molecule has 53 heavy (non-hydrogen) atoms. The maximum Gasteiger partial charge on any atom is 0.408 e. The van der Waals surface area contributed by atoms with Gasteiger partial charge in [-0.15, -0.1) is 0 Å². The second-order valence-corrected chi connectivity index (χ2v) is 17.1. The largest absolute Gasteiger partial charge is 0.444 e. The molecule has 2 fully saturated rings. The molecule has 2 aliphatic carbocycles. The Labute approximate surface area is 313 Å². The first kappa shape index (κ1) is 38.0. The number of hydrogen-bond donors (Lipinski definition) is 4. The number of carbonyl (C=O) groups is 4. The highest BCUT2D eigenvalue weighted by molar-refractivity contribution is 7.91. The van der Waals surface area contributed by atoms with Crippen LogP contribution in [0.5, 0.6) is 11.6 Å². The zero-order valence-corrected chi connectivity index (χ0v) is 31.4. The second-order valence-electron chi connectivity index (χ2n) is 14.8. The molecular weight excluding hydrogens is 722 g/mol. The molecule has 4 N–H and O–H groups in total. The van der Waals surface area contributed by atoms with Crippen molar-refractivity contribution in [2.75, 3.05) is 0 Å². The molecule has 282 valence electrons. The van der Waals surface area contributed by atoms with E-state index in [2.05, 4.69) is 25.7 Å². The number of alkyl carbamates (subject to hydrolysis) is 1. The van der Waals surface area contributed by atoms with Crippen LogP contribution in [0.15, 0.2) is 66.7 Å². The molecule has 1 aliphatic heterocycles. The monoisotopic (exact) mass is 765 g/mol. The normalized spacial score (nSPS) is 24.6. The lowest BCUT2D eigenvalue weighted by Gasteiger charge is -2.27. The van der Waals surface area contributed by atoms with Crippen LogP contribution < -0.4 is 25.4 Å². The maximum absolute atomic E-state index is 14.3. The lowest BCUT2D eigenvalue weighted by molar-refractivity contribution is -0.133. The predicted molar refractivity (Wildman–Crippen MR) is 199 cm³/mol. The summed E-state index contributed by atoms with van der Waals surface area (Å²) in [5, 5.41) is 9.42. The van der Waals surface area contributed by atoms with Gasteiger partial charge in [-0.2, -0.15) is 0 Å². The zero-order valence-electron chi connectivity index (χ0n) is 29.8. The summed E-state index contributed by atoms with van der Waals surface area (Å²) in [7, 11) is -3.91.